The molecule has 1 rings (SSSR count). The molecule has 0 heterocycles. The zero-order valence-electron chi connectivity index (χ0n) is 17.3. The number of hydrogen-bond acceptors (Lipinski definition) is 1. The molecular weight excluding hydrogens is 354 g/mol. The number of hydrogen-bond donors (Lipinski definition) is 2. The summed E-state index contributed by atoms with van der Waals surface area (Å²) in [7, 11) is 0. The second-order valence-corrected chi connectivity index (χ2v) is 9.63. The molecule has 0 aliphatic heterocycles. The van der Waals surface area contributed by atoms with Gasteiger partial charge in [0.1, 0.15) is 4.32 Å². The van der Waals surface area contributed by atoms with Crippen LogP contribution in [-0.2, 0) is 0 Å². The number of thiocarbonyl (C=S) groups is 1. The van der Waals surface area contributed by atoms with Crippen molar-refractivity contribution < 1.29 is 0 Å². The number of unbranched alkanes of at least 4 members (excludes halogenated alkanes) is 13. The topological polar surface area (TPSA) is 12.0 Å². The van der Waals surface area contributed by atoms with E-state index in [1.807, 2.05) is 0 Å². The number of rotatable bonds is 17. The van der Waals surface area contributed by atoms with Crippen molar-refractivity contribution in [3.63, 3.8) is 0 Å². The molecule has 26 heavy (non-hydrogen) atoms. The highest BCUT2D eigenvalue weighted by atomic mass is 32.1. The van der Waals surface area contributed by atoms with Crippen LogP contribution in [0.4, 0.5) is 0 Å². The minimum Gasteiger partial charge on any atom is -0.371 e. The van der Waals surface area contributed by atoms with Crippen molar-refractivity contribution >= 4 is 29.2 Å². The fourth-order valence-electron chi connectivity index (χ4n) is 4.35. The molecule has 0 spiro atoms. The van der Waals surface area contributed by atoms with E-state index in [1.165, 1.54) is 128 Å². The molecule has 0 amide bonds. The molecule has 0 aromatic carbocycles. The van der Waals surface area contributed by atoms with Crippen LogP contribution in [0.25, 0.3) is 0 Å². The monoisotopic (exact) mass is 399 g/mol. The van der Waals surface area contributed by atoms with Crippen molar-refractivity contribution in [2.75, 3.05) is 6.54 Å². The van der Waals surface area contributed by atoms with Gasteiger partial charge in [-0.05, 0) is 12.3 Å². The van der Waals surface area contributed by atoms with Gasteiger partial charge in [0.25, 0.3) is 0 Å². The van der Waals surface area contributed by atoms with Gasteiger partial charge in [0.15, 0.2) is 0 Å². The molecule has 1 N–H and O–H groups in total. The van der Waals surface area contributed by atoms with Crippen LogP contribution >= 0.6 is 24.8 Å². The van der Waals surface area contributed by atoms with Gasteiger partial charge in [-0.2, -0.15) is 0 Å². The van der Waals surface area contributed by atoms with E-state index in [9.17, 15) is 0 Å². The van der Waals surface area contributed by atoms with E-state index in [0.717, 1.165) is 12.5 Å². The largest absolute Gasteiger partial charge is 0.371 e. The lowest BCUT2D eigenvalue weighted by Gasteiger charge is -2.21. The SMILES string of the molecule is S=C(S)NCCCCCCCCCCCCCCCCC1CCCCC1. The van der Waals surface area contributed by atoms with Gasteiger partial charge >= 0.3 is 0 Å². The Morgan fingerprint density at radius 2 is 1.08 bits per heavy atom. The highest BCUT2D eigenvalue weighted by Gasteiger charge is 2.12. The van der Waals surface area contributed by atoms with Crippen LogP contribution in [0.3, 0.4) is 0 Å². The van der Waals surface area contributed by atoms with Crippen molar-refractivity contribution in [3.8, 4) is 0 Å². The minimum atomic E-state index is 0.629. The first kappa shape index (κ1) is 24.3. The second-order valence-electron chi connectivity index (χ2n) is 8.47. The summed E-state index contributed by atoms with van der Waals surface area (Å²) in [5, 5.41) is 3.10. The third-order valence-electron chi connectivity index (χ3n) is 6.04. The van der Waals surface area contributed by atoms with Crippen molar-refractivity contribution in [2.45, 2.75) is 128 Å². The quantitative estimate of drug-likeness (QED) is 0.145. The normalized spacial score (nSPS) is 15.3. The van der Waals surface area contributed by atoms with E-state index in [0.29, 0.717) is 4.32 Å². The first-order valence-electron chi connectivity index (χ1n) is 11.8. The molecule has 3 heteroatoms. The van der Waals surface area contributed by atoms with Crippen LogP contribution in [0.1, 0.15) is 128 Å². The molecule has 1 aliphatic carbocycles. The van der Waals surface area contributed by atoms with Crippen molar-refractivity contribution in [3.05, 3.63) is 0 Å². The van der Waals surface area contributed by atoms with Gasteiger partial charge in [-0.1, -0.05) is 134 Å². The van der Waals surface area contributed by atoms with Crippen LogP contribution in [0.15, 0.2) is 0 Å². The van der Waals surface area contributed by atoms with E-state index in [4.69, 9.17) is 12.2 Å². The lowest BCUT2D eigenvalue weighted by atomic mass is 9.85. The Bertz CT molecular complexity index is 313. The highest BCUT2D eigenvalue weighted by Crippen LogP contribution is 2.28. The fraction of sp³-hybridized carbons (Fsp3) is 0.957. The Labute approximate surface area is 175 Å². The van der Waals surface area contributed by atoms with Crippen LogP contribution in [0.2, 0.25) is 0 Å². The first-order valence-corrected chi connectivity index (χ1v) is 12.6. The molecule has 0 aromatic heterocycles. The van der Waals surface area contributed by atoms with E-state index in [2.05, 4.69) is 17.9 Å². The maximum atomic E-state index is 4.88. The molecule has 1 nitrogen and oxygen atoms in total. The Morgan fingerprint density at radius 1 is 0.654 bits per heavy atom. The van der Waals surface area contributed by atoms with E-state index in [-0.39, 0.29) is 0 Å². The third-order valence-corrected chi connectivity index (χ3v) is 6.34. The van der Waals surface area contributed by atoms with Crippen molar-refractivity contribution in [1.29, 1.82) is 0 Å². The molecule has 0 unspecified atom stereocenters. The third kappa shape index (κ3) is 16.4. The molecule has 1 saturated carbocycles. The van der Waals surface area contributed by atoms with E-state index < -0.39 is 0 Å². The molecule has 0 bridgehead atoms. The van der Waals surface area contributed by atoms with Gasteiger partial charge in [-0.25, -0.2) is 0 Å². The Balaban J connectivity index is 1.66. The molecule has 154 valence electrons. The molecular formula is C23H45NS2. The van der Waals surface area contributed by atoms with Crippen molar-refractivity contribution in [1.82, 2.24) is 5.32 Å². The van der Waals surface area contributed by atoms with Gasteiger partial charge in [-0.15, -0.1) is 12.6 Å². The Kier molecular flexibility index (Phi) is 17.4. The molecule has 1 aliphatic rings. The molecule has 0 saturated heterocycles. The summed E-state index contributed by atoms with van der Waals surface area (Å²) in [5.41, 5.74) is 0. The van der Waals surface area contributed by atoms with Gasteiger partial charge in [-0.3, -0.25) is 0 Å². The summed E-state index contributed by atoms with van der Waals surface area (Å²) in [6.07, 6.45) is 29.1. The lowest BCUT2D eigenvalue weighted by molar-refractivity contribution is 0.328. The summed E-state index contributed by atoms with van der Waals surface area (Å²) < 4.78 is 0.629. The van der Waals surface area contributed by atoms with Crippen LogP contribution in [0.5, 0.6) is 0 Å². The van der Waals surface area contributed by atoms with Gasteiger partial charge in [0.05, 0.1) is 0 Å². The Morgan fingerprint density at radius 3 is 1.54 bits per heavy atom. The van der Waals surface area contributed by atoms with Crippen LogP contribution in [0, 0.1) is 5.92 Å². The molecule has 1 fully saturated rings. The summed E-state index contributed by atoms with van der Waals surface area (Å²) in [5.74, 6) is 1.09. The van der Waals surface area contributed by atoms with Crippen molar-refractivity contribution in [2.24, 2.45) is 5.92 Å². The van der Waals surface area contributed by atoms with Gasteiger partial charge < -0.3 is 5.32 Å². The second kappa shape index (κ2) is 18.6. The smallest absolute Gasteiger partial charge is 0.130 e. The summed E-state index contributed by atoms with van der Waals surface area (Å²) in [4.78, 5) is 0. The number of thiol groups is 1. The standard InChI is InChI=1S/C23H45NS2/c25-23(26)24-21-17-12-10-8-6-4-2-1-3-5-7-9-11-14-18-22-19-15-13-16-20-22/h22H,1-21H2,(H2,24,25,26). The zero-order valence-corrected chi connectivity index (χ0v) is 19.0. The maximum Gasteiger partial charge on any atom is 0.130 e. The molecule has 0 atom stereocenters. The average Bonchev–Trinajstić information content (AvgIpc) is 2.65. The predicted molar refractivity (Wildman–Crippen MR) is 125 cm³/mol. The van der Waals surface area contributed by atoms with Gasteiger partial charge in [0.2, 0.25) is 0 Å². The molecule has 0 aromatic rings. The predicted octanol–water partition coefficient (Wildman–Crippen LogP) is 8.22. The summed E-state index contributed by atoms with van der Waals surface area (Å²) >= 11 is 8.94. The highest BCUT2D eigenvalue weighted by molar-refractivity contribution is 8.11. The lowest BCUT2D eigenvalue weighted by Crippen LogP contribution is -2.17. The van der Waals surface area contributed by atoms with Crippen LogP contribution in [-0.4, -0.2) is 10.9 Å². The van der Waals surface area contributed by atoms with E-state index in [1.54, 1.807) is 0 Å². The van der Waals surface area contributed by atoms with Crippen LogP contribution < -0.4 is 5.32 Å². The summed E-state index contributed by atoms with van der Waals surface area (Å²) in [6, 6.07) is 0. The maximum absolute atomic E-state index is 4.88. The summed E-state index contributed by atoms with van der Waals surface area (Å²) in [6.45, 7) is 0.989. The first-order chi connectivity index (χ1) is 12.8. The number of nitrogens with one attached hydrogen (secondary N) is 1. The molecule has 0 radical (unpaired) electrons. The average molecular weight is 400 g/mol. The fourth-order valence-corrected chi connectivity index (χ4v) is 4.56. The zero-order chi connectivity index (χ0) is 18.7. The minimum absolute atomic E-state index is 0.629. The van der Waals surface area contributed by atoms with Gasteiger partial charge in [0, 0.05) is 6.54 Å². The van der Waals surface area contributed by atoms with E-state index >= 15 is 0 Å². The Hall–Kier alpha value is 0.240.